The van der Waals surface area contributed by atoms with Gasteiger partial charge in [0.1, 0.15) is 5.76 Å². The number of oxazole rings is 1. The lowest BCUT2D eigenvalue weighted by Gasteiger charge is -2.04. The van der Waals surface area contributed by atoms with Gasteiger partial charge in [-0.15, -0.1) is 0 Å². The van der Waals surface area contributed by atoms with Crippen LogP contribution in [0.15, 0.2) is 41.3 Å². The third kappa shape index (κ3) is 2.38. The Balaban J connectivity index is 1.98. The Kier molecular flexibility index (Phi) is 2.86. The zero-order chi connectivity index (χ0) is 11.4. The molecule has 3 N–H and O–H groups in total. The minimum absolute atomic E-state index is 0.429. The molecule has 82 valence electrons. The second-order valence-electron chi connectivity index (χ2n) is 3.26. The number of nitrogens with zero attached hydrogens (tertiary/aromatic N) is 1. The maximum atomic E-state index is 10.8. The lowest BCUT2D eigenvalue weighted by Crippen LogP contribution is -2.10. The molecule has 2 aromatic rings. The molecule has 0 atom stereocenters. The molecule has 0 bridgehead atoms. The van der Waals surface area contributed by atoms with Crippen LogP contribution in [0.3, 0.4) is 0 Å². The fraction of sp³-hybridized carbons (Fsp3) is 0.0909. The van der Waals surface area contributed by atoms with Crippen molar-refractivity contribution >= 4 is 11.6 Å². The van der Waals surface area contributed by atoms with Crippen LogP contribution in [0.25, 0.3) is 0 Å². The van der Waals surface area contributed by atoms with E-state index in [-0.39, 0.29) is 0 Å². The zero-order valence-electron chi connectivity index (χ0n) is 8.51. The van der Waals surface area contributed by atoms with Crippen molar-refractivity contribution in [2.45, 2.75) is 6.54 Å². The highest BCUT2D eigenvalue weighted by Crippen LogP contribution is 2.10. The van der Waals surface area contributed by atoms with Gasteiger partial charge in [-0.25, -0.2) is 4.98 Å². The second kappa shape index (κ2) is 4.48. The number of carbonyl (C=O) groups excluding carboxylic acids is 1. The minimum Gasteiger partial charge on any atom is -0.447 e. The molecule has 0 aliphatic heterocycles. The fourth-order valence-corrected chi connectivity index (χ4v) is 1.27. The third-order valence-electron chi connectivity index (χ3n) is 2.12. The highest BCUT2D eigenvalue weighted by atomic mass is 16.3. The van der Waals surface area contributed by atoms with Gasteiger partial charge in [0.05, 0.1) is 12.7 Å². The Morgan fingerprint density at radius 1 is 1.38 bits per heavy atom. The molecule has 0 fully saturated rings. The van der Waals surface area contributed by atoms with Gasteiger partial charge < -0.3 is 15.5 Å². The molecule has 0 radical (unpaired) electrons. The van der Waals surface area contributed by atoms with Crippen molar-refractivity contribution < 1.29 is 9.21 Å². The molecule has 0 aliphatic rings. The van der Waals surface area contributed by atoms with Gasteiger partial charge in [-0.2, -0.15) is 0 Å². The standard InChI is InChI=1S/C11H11N3O2/c12-11(15)8-1-3-9(4-2-8)14-6-10-5-13-7-16-10/h1-5,7,14H,6H2,(H2,12,15). The molecule has 0 saturated heterocycles. The summed E-state index contributed by atoms with van der Waals surface area (Å²) in [5.74, 6) is 0.320. The van der Waals surface area contributed by atoms with Gasteiger partial charge in [0.2, 0.25) is 5.91 Å². The smallest absolute Gasteiger partial charge is 0.248 e. The van der Waals surface area contributed by atoms with Crippen LogP contribution in [-0.2, 0) is 6.54 Å². The number of carbonyl (C=O) groups is 1. The first-order valence-corrected chi connectivity index (χ1v) is 4.77. The van der Waals surface area contributed by atoms with Gasteiger partial charge in [0.25, 0.3) is 0 Å². The fourth-order valence-electron chi connectivity index (χ4n) is 1.27. The molecule has 5 heteroatoms. The largest absolute Gasteiger partial charge is 0.447 e. The van der Waals surface area contributed by atoms with Crippen LogP contribution in [-0.4, -0.2) is 10.9 Å². The average molecular weight is 217 g/mol. The first kappa shape index (κ1) is 10.2. The second-order valence-corrected chi connectivity index (χ2v) is 3.26. The number of hydrogen-bond donors (Lipinski definition) is 2. The van der Waals surface area contributed by atoms with E-state index in [9.17, 15) is 4.79 Å². The van der Waals surface area contributed by atoms with Crippen LogP contribution < -0.4 is 11.1 Å². The van der Waals surface area contributed by atoms with E-state index < -0.39 is 5.91 Å². The number of amides is 1. The van der Waals surface area contributed by atoms with E-state index >= 15 is 0 Å². The van der Waals surface area contributed by atoms with Crippen molar-refractivity contribution in [3.63, 3.8) is 0 Å². The van der Waals surface area contributed by atoms with Gasteiger partial charge in [0, 0.05) is 11.3 Å². The van der Waals surface area contributed by atoms with E-state index in [1.54, 1.807) is 30.5 Å². The van der Waals surface area contributed by atoms with Gasteiger partial charge in [-0.3, -0.25) is 4.79 Å². The van der Waals surface area contributed by atoms with Crippen molar-refractivity contribution in [1.29, 1.82) is 0 Å². The molecule has 16 heavy (non-hydrogen) atoms. The molecule has 0 spiro atoms. The molecule has 0 unspecified atom stereocenters. The summed E-state index contributed by atoms with van der Waals surface area (Å²) in [7, 11) is 0. The van der Waals surface area contributed by atoms with Crippen LogP contribution in [0, 0.1) is 0 Å². The topological polar surface area (TPSA) is 81.2 Å². The number of anilines is 1. The Morgan fingerprint density at radius 3 is 2.69 bits per heavy atom. The summed E-state index contributed by atoms with van der Waals surface area (Å²) in [6.45, 7) is 0.552. The maximum absolute atomic E-state index is 10.8. The highest BCUT2D eigenvalue weighted by molar-refractivity contribution is 5.93. The number of aromatic nitrogens is 1. The lowest BCUT2D eigenvalue weighted by atomic mass is 10.2. The Bertz CT molecular complexity index is 462. The molecular weight excluding hydrogens is 206 g/mol. The predicted octanol–water partition coefficient (Wildman–Crippen LogP) is 1.39. The summed E-state index contributed by atoms with van der Waals surface area (Å²) in [5, 5.41) is 3.13. The summed E-state index contributed by atoms with van der Waals surface area (Å²) in [6, 6.07) is 6.92. The van der Waals surface area contributed by atoms with Gasteiger partial charge in [0.15, 0.2) is 6.39 Å². The number of primary amides is 1. The number of nitrogens with one attached hydrogen (secondary N) is 1. The molecule has 1 heterocycles. The van der Waals surface area contributed by atoms with Crippen molar-refractivity contribution in [2.75, 3.05) is 5.32 Å². The van der Waals surface area contributed by atoms with Crippen LogP contribution >= 0.6 is 0 Å². The van der Waals surface area contributed by atoms with Crippen molar-refractivity contribution in [3.05, 3.63) is 48.2 Å². The maximum Gasteiger partial charge on any atom is 0.248 e. The van der Waals surface area contributed by atoms with Crippen LogP contribution in [0.1, 0.15) is 16.1 Å². The molecular formula is C11H11N3O2. The Hall–Kier alpha value is -2.30. The monoisotopic (exact) mass is 217 g/mol. The summed E-state index contributed by atoms with van der Waals surface area (Å²) in [5.41, 5.74) is 6.51. The molecule has 1 aromatic heterocycles. The predicted molar refractivity (Wildman–Crippen MR) is 58.8 cm³/mol. The van der Waals surface area contributed by atoms with E-state index in [1.165, 1.54) is 6.39 Å². The first-order valence-electron chi connectivity index (χ1n) is 4.77. The van der Waals surface area contributed by atoms with E-state index in [0.717, 1.165) is 11.4 Å². The number of rotatable bonds is 4. The Labute approximate surface area is 92.3 Å². The van der Waals surface area contributed by atoms with Crippen molar-refractivity contribution in [1.82, 2.24) is 4.98 Å². The lowest BCUT2D eigenvalue weighted by molar-refractivity contribution is 0.100. The number of benzene rings is 1. The molecule has 2 rings (SSSR count). The zero-order valence-corrected chi connectivity index (χ0v) is 8.51. The van der Waals surface area contributed by atoms with Crippen LogP contribution in [0.2, 0.25) is 0 Å². The van der Waals surface area contributed by atoms with Gasteiger partial charge in [-0.05, 0) is 24.3 Å². The average Bonchev–Trinajstić information content (AvgIpc) is 2.80. The molecule has 0 saturated carbocycles. The van der Waals surface area contributed by atoms with E-state index in [4.69, 9.17) is 10.2 Å². The van der Waals surface area contributed by atoms with Gasteiger partial charge >= 0.3 is 0 Å². The quantitative estimate of drug-likeness (QED) is 0.810. The SMILES string of the molecule is NC(=O)c1ccc(NCc2cnco2)cc1. The van der Waals surface area contributed by atoms with E-state index in [2.05, 4.69) is 10.3 Å². The third-order valence-corrected chi connectivity index (χ3v) is 2.12. The highest BCUT2D eigenvalue weighted by Gasteiger charge is 2.00. The van der Waals surface area contributed by atoms with Crippen LogP contribution in [0.5, 0.6) is 0 Å². The van der Waals surface area contributed by atoms with Gasteiger partial charge in [-0.1, -0.05) is 0 Å². The molecule has 1 aromatic carbocycles. The van der Waals surface area contributed by atoms with E-state index in [1.807, 2.05) is 0 Å². The molecule has 5 nitrogen and oxygen atoms in total. The van der Waals surface area contributed by atoms with Crippen LogP contribution in [0.4, 0.5) is 5.69 Å². The normalized spacial score (nSPS) is 10.0. The van der Waals surface area contributed by atoms with Crippen molar-refractivity contribution in [2.24, 2.45) is 5.73 Å². The molecule has 0 aliphatic carbocycles. The summed E-state index contributed by atoms with van der Waals surface area (Å²) in [4.78, 5) is 14.6. The Morgan fingerprint density at radius 2 is 2.12 bits per heavy atom. The molecule has 1 amide bonds. The van der Waals surface area contributed by atoms with E-state index in [0.29, 0.717) is 12.1 Å². The van der Waals surface area contributed by atoms with Crippen molar-refractivity contribution in [3.8, 4) is 0 Å². The summed E-state index contributed by atoms with van der Waals surface area (Å²) >= 11 is 0. The summed E-state index contributed by atoms with van der Waals surface area (Å²) < 4.78 is 5.07. The first-order chi connectivity index (χ1) is 7.75. The number of nitrogens with two attached hydrogens (primary N) is 1. The minimum atomic E-state index is -0.429. The summed E-state index contributed by atoms with van der Waals surface area (Å²) in [6.07, 6.45) is 3.03. The number of hydrogen-bond acceptors (Lipinski definition) is 4.